The zero-order valence-corrected chi connectivity index (χ0v) is 16.7. The first kappa shape index (κ1) is 18.7. The maximum Gasteiger partial charge on any atom is 0.256 e. The Hall–Kier alpha value is -4.32. The van der Waals surface area contributed by atoms with Gasteiger partial charge in [-0.05, 0) is 37.3 Å². The molecule has 1 N–H and O–H groups in total. The van der Waals surface area contributed by atoms with E-state index in [1.165, 1.54) is 12.0 Å². The van der Waals surface area contributed by atoms with Crippen LogP contribution < -0.4 is 5.32 Å². The van der Waals surface area contributed by atoms with E-state index < -0.39 is 0 Å². The summed E-state index contributed by atoms with van der Waals surface area (Å²) in [5, 5.41) is 11.4. The number of carbonyl (C=O) groups excluding carboxylic acids is 1. The highest BCUT2D eigenvalue weighted by Crippen LogP contribution is 2.27. The first-order valence-electron chi connectivity index (χ1n) is 9.82. The van der Waals surface area contributed by atoms with Crippen molar-refractivity contribution in [1.82, 2.24) is 15.2 Å². The van der Waals surface area contributed by atoms with Crippen LogP contribution >= 0.6 is 0 Å². The number of aromatic nitrogens is 3. The number of benzene rings is 3. The zero-order chi connectivity index (χ0) is 21.2. The highest BCUT2D eigenvalue weighted by atomic mass is 16.4. The fraction of sp³-hybridized carbons (Fsp3) is 0.0400. The second kappa shape index (κ2) is 7.84. The van der Waals surface area contributed by atoms with Gasteiger partial charge in [0.2, 0.25) is 12.3 Å². The van der Waals surface area contributed by atoms with Crippen molar-refractivity contribution in [2.45, 2.75) is 6.92 Å². The van der Waals surface area contributed by atoms with Crippen molar-refractivity contribution in [1.29, 1.82) is 0 Å². The third kappa shape index (κ3) is 3.79. The monoisotopic (exact) mass is 406 g/mol. The summed E-state index contributed by atoms with van der Waals surface area (Å²) in [6.45, 7) is 2.04. The Morgan fingerprint density at radius 1 is 0.903 bits per heavy atom. The molecule has 0 spiro atoms. The van der Waals surface area contributed by atoms with Crippen molar-refractivity contribution in [2.24, 2.45) is 0 Å². The van der Waals surface area contributed by atoms with Crippen LogP contribution in [0, 0.1) is 6.92 Å². The summed E-state index contributed by atoms with van der Waals surface area (Å²) in [6.07, 6.45) is 1.27. The molecule has 0 fully saturated rings. The van der Waals surface area contributed by atoms with E-state index in [4.69, 9.17) is 9.40 Å². The Morgan fingerprint density at radius 3 is 2.55 bits per heavy atom. The minimum atomic E-state index is -0.213. The zero-order valence-electron chi connectivity index (χ0n) is 16.7. The van der Waals surface area contributed by atoms with Gasteiger partial charge in [-0.15, -0.1) is 10.2 Å². The van der Waals surface area contributed by atoms with Gasteiger partial charge in [0.1, 0.15) is 0 Å². The average molecular weight is 406 g/mol. The number of nitrogens with zero attached hydrogens (tertiary/aromatic N) is 3. The van der Waals surface area contributed by atoms with E-state index >= 15 is 0 Å². The van der Waals surface area contributed by atoms with Crippen LogP contribution in [0.1, 0.15) is 15.9 Å². The Bertz CT molecular complexity index is 1380. The minimum Gasteiger partial charge on any atom is -0.423 e. The third-order valence-corrected chi connectivity index (χ3v) is 5.04. The van der Waals surface area contributed by atoms with Gasteiger partial charge in [0, 0.05) is 22.2 Å². The van der Waals surface area contributed by atoms with E-state index in [9.17, 15) is 4.79 Å². The summed E-state index contributed by atoms with van der Waals surface area (Å²) in [4.78, 5) is 18.0. The Balaban J connectivity index is 1.54. The number of nitrogens with one attached hydrogen (secondary N) is 1. The van der Waals surface area contributed by atoms with Gasteiger partial charge in [-0.1, -0.05) is 54.1 Å². The average Bonchev–Trinajstić information content (AvgIpc) is 3.34. The van der Waals surface area contributed by atoms with E-state index in [1.807, 2.05) is 79.7 Å². The number of amides is 1. The molecule has 0 aliphatic carbocycles. The molecule has 31 heavy (non-hydrogen) atoms. The second-order valence-electron chi connectivity index (χ2n) is 7.22. The van der Waals surface area contributed by atoms with Gasteiger partial charge in [0.15, 0.2) is 0 Å². The maximum atomic E-state index is 13.3. The molecule has 0 saturated carbocycles. The summed E-state index contributed by atoms with van der Waals surface area (Å²) in [6, 6.07) is 24.9. The SMILES string of the molecule is Cc1ccc(-c2cc(C(=O)Nc3cccc(-c4nnco4)c3)c3ccccc3n2)cc1. The lowest BCUT2D eigenvalue weighted by molar-refractivity contribution is 0.102. The fourth-order valence-corrected chi connectivity index (χ4v) is 3.46. The molecule has 5 rings (SSSR count). The molecule has 0 aliphatic heterocycles. The predicted octanol–water partition coefficient (Wildman–Crippen LogP) is 5.51. The summed E-state index contributed by atoms with van der Waals surface area (Å²) in [5.41, 5.74) is 5.58. The highest BCUT2D eigenvalue weighted by molar-refractivity contribution is 6.13. The van der Waals surface area contributed by atoms with Crippen LogP contribution in [0.25, 0.3) is 33.6 Å². The summed E-state index contributed by atoms with van der Waals surface area (Å²) >= 11 is 0. The van der Waals surface area contributed by atoms with Crippen LogP contribution in [0.2, 0.25) is 0 Å². The van der Waals surface area contributed by atoms with Crippen molar-refractivity contribution in [2.75, 3.05) is 5.32 Å². The molecule has 0 unspecified atom stereocenters. The molecule has 2 aromatic heterocycles. The van der Waals surface area contributed by atoms with E-state index in [2.05, 4.69) is 15.5 Å². The van der Waals surface area contributed by atoms with Crippen LogP contribution in [0.5, 0.6) is 0 Å². The van der Waals surface area contributed by atoms with Crippen LogP contribution in [0.4, 0.5) is 5.69 Å². The number of anilines is 1. The van der Waals surface area contributed by atoms with Crippen LogP contribution in [-0.4, -0.2) is 21.1 Å². The molecule has 6 heteroatoms. The van der Waals surface area contributed by atoms with Gasteiger partial charge in [-0.3, -0.25) is 4.79 Å². The van der Waals surface area contributed by atoms with Crippen LogP contribution in [0.3, 0.4) is 0 Å². The van der Waals surface area contributed by atoms with Gasteiger partial charge >= 0.3 is 0 Å². The van der Waals surface area contributed by atoms with E-state index in [0.717, 1.165) is 27.7 Å². The summed E-state index contributed by atoms with van der Waals surface area (Å²) < 4.78 is 5.25. The molecule has 6 nitrogen and oxygen atoms in total. The van der Waals surface area contributed by atoms with Crippen molar-refractivity contribution in [3.63, 3.8) is 0 Å². The first-order chi connectivity index (χ1) is 15.2. The lowest BCUT2D eigenvalue weighted by Gasteiger charge is -2.11. The minimum absolute atomic E-state index is 0.213. The number of rotatable bonds is 4. The number of carbonyl (C=O) groups is 1. The number of pyridine rings is 1. The fourth-order valence-electron chi connectivity index (χ4n) is 3.46. The third-order valence-electron chi connectivity index (χ3n) is 5.04. The number of aryl methyl sites for hydroxylation is 1. The lowest BCUT2D eigenvalue weighted by atomic mass is 10.0. The summed E-state index contributed by atoms with van der Waals surface area (Å²) in [5.74, 6) is 0.182. The number of fused-ring (bicyclic) bond motifs is 1. The molecule has 0 saturated heterocycles. The molecule has 0 radical (unpaired) electrons. The molecule has 1 amide bonds. The largest absolute Gasteiger partial charge is 0.423 e. The molecule has 0 atom stereocenters. The summed E-state index contributed by atoms with van der Waals surface area (Å²) in [7, 11) is 0. The smallest absolute Gasteiger partial charge is 0.256 e. The highest BCUT2D eigenvalue weighted by Gasteiger charge is 2.15. The molecule has 2 heterocycles. The van der Waals surface area contributed by atoms with Gasteiger partial charge < -0.3 is 9.73 Å². The Labute approximate surface area is 178 Å². The van der Waals surface area contributed by atoms with Gasteiger partial charge in [-0.2, -0.15) is 0 Å². The Morgan fingerprint density at radius 2 is 1.74 bits per heavy atom. The van der Waals surface area contributed by atoms with Crippen molar-refractivity contribution < 1.29 is 9.21 Å². The van der Waals surface area contributed by atoms with Gasteiger partial charge in [0.25, 0.3) is 5.91 Å². The quantitative estimate of drug-likeness (QED) is 0.425. The van der Waals surface area contributed by atoms with Crippen molar-refractivity contribution in [3.8, 4) is 22.7 Å². The molecule has 5 aromatic rings. The van der Waals surface area contributed by atoms with Gasteiger partial charge in [0.05, 0.1) is 16.8 Å². The first-order valence-corrected chi connectivity index (χ1v) is 9.82. The van der Waals surface area contributed by atoms with E-state index in [1.54, 1.807) is 6.07 Å². The van der Waals surface area contributed by atoms with Crippen LogP contribution in [-0.2, 0) is 0 Å². The molecule has 150 valence electrons. The number of para-hydroxylation sites is 1. The standard InChI is InChI=1S/C25H18N4O2/c1-16-9-11-17(12-10-16)23-14-21(20-7-2-3-8-22(20)28-23)24(30)27-19-6-4-5-18(13-19)25-29-26-15-31-25/h2-15H,1H3,(H,27,30). The van der Waals surface area contributed by atoms with Crippen molar-refractivity contribution in [3.05, 3.63) is 96.4 Å². The maximum absolute atomic E-state index is 13.3. The Kier molecular flexibility index (Phi) is 4.72. The molecule has 0 bridgehead atoms. The number of hydrogen-bond donors (Lipinski definition) is 1. The van der Waals surface area contributed by atoms with Crippen LogP contribution in [0.15, 0.2) is 89.7 Å². The molecular weight excluding hydrogens is 388 g/mol. The van der Waals surface area contributed by atoms with E-state index in [-0.39, 0.29) is 5.91 Å². The van der Waals surface area contributed by atoms with Gasteiger partial charge in [-0.25, -0.2) is 4.98 Å². The lowest BCUT2D eigenvalue weighted by Crippen LogP contribution is -2.13. The second-order valence-corrected chi connectivity index (χ2v) is 7.22. The van der Waals surface area contributed by atoms with E-state index in [0.29, 0.717) is 17.1 Å². The molecule has 0 aliphatic rings. The molecular formula is C25H18N4O2. The van der Waals surface area contributed by atoms with Crippen molar-refractivity contribution >= 4 is 22.5 Å². The number of hydrogen-bond acceptors (Lipinski definition) is 5. The molecule has 3 aromatic carbocycles. The normalized spacial score (nSPS) is 10.9. The predicted molar refractivity (Wildman–Crippen MR) is 120 cm³/mol. The topological polar surface area (TPSA) is 80.9 Å².